The summed E-state index contributed by atoms with van der Waals surface area (Å²) in [5, 5.41) is 0. The van der Waals surface area contributed by atoms with Crippen LogP contribution in [-0.4, -0.2) is 38.1 Å². The zero-order valence-corrected chi connectivity index (χ0v) is 13.5. The van der Waals surface area contributed by atoms with Crippen molar-refractivity contribution in [2.24, 2.45) is 0 Å². The molecule has 0 aliphatic heterocycles. The number of hydrogen-bond donors (Lipinski definition) is 0. The summed E-state index contributed by atoms with van der Waals surface area (Å²) in [5.74, 6) is -0.345. The van der Waals surface area contributed by atoms with Gasteiger partial charge in [-0.1, -0.05) is 18.6 Å². The van der Waals surface area contributed by atoms with Crippen LogP contribution < -0.4 is 4.74 Å². The van der Waals surface area contributed by atoms with E-state index in [-0.39, 0.29) is 24.4 Å². The summed E-state index contributed by atoms with van der Waals surface area (Å²) in [5.41, 5.74) is 0.546. The molecular formula is C17H21F3O4. The van der Waals surface area contributed by atoms with Gasteiger partial charge in [-0.05, 0) is 37.0 Å². The number of ether oxygens (including phenoxy) is 3. The summed E-state index contributed by atoms with van der Waals surface area (Å²) in [6.45, 7) is -1.36. The van der Waals surface area contributed by atoms with Crippen molar-refractivity contribution in [2.45, 2.75) is 50.5 Å². The molecule has 134 valence electrons. The van der Waals surface area contributed by atoms with Crippen LogP contribution in [0.5, 0.6) is 5.75 Å². The topological polar surface area (TPSA) is 44.8 Å². The first kappa shape index (κ1) is 18.6. The monoisotopic (exact) mass is 346 g/mol. The third kappa shape index (κ3) is 6.03. The number of carbonyl (C=O) groups excluding carboxylic acids is 1. The van der Waals surface area contributed by atoms with Crippen LogP contribution in [0.15, 0.2) is 24.3 Å². The predicted molar refractivity (Wildman–Crippen MR) is 80.8 cm³/mol. The van der Waals surface area contributed by atoms with Crippen LogP contribution in [0.25, 0.3) is 0 Å². The lowest BCUT2D eigenvalue weighted by atomic mass is 9.94. The van der Waals surface area contributed by atoms with Crippen LogP contribution in [0.2, 0.25) is 0 Å². The molecule has 0 aromatic heterocycles. The maximum Gasteiger partial charge on any atom is 0.422 e. The number of methoxy groups -OCH3 is 1. The zero-order valence-electron chi connectivity index (χ0n) is 13.5. The molecule has 1 aliphatic carbocycles. The van der Waals surface area contributed by atoms with Crippen molar-refractivity contribution in [1.82, 2.24) is 0 Å². The molecular weight excluding hydrogens is 325 g/mol. The van der Waals surface area contributed by atoms with Gasteiger partial charge in [0.1, 0.15) is 11.9 Å². The molecule has 0 bridgehead atoms. The van der Waals surface area contributed by atoms with Gasteiger partial charge in [-0.25, -0.2) is 0 Å². The van der Waals surface area contributed by atoms with Crippen molar-refractivity contribution in [3.8, 4) is 5.75 Å². The highest BCUT2D eigenvalue weighted by atomic mass is 19.4. The molecule has 1 aromatic carbocycles. The molecule has 0 saturated heterocycles. The van der Waals surface area contributed by atoms with Gasteiger partial charge in [-0.2, -0.15) is 13.2 Å². The Morgan fingerprint density at radius 3 is 2.58 bits per heavy atom. The molecule has 1 aliphatic rings. The second-order valence-corrected chi connectivity index (χ2v) is 5.81. The van der Waals surface area contributed by atoms with Crippen molar-refractivity contribution in [1.29, 1.82) is 0 Å². The lowest BCUT2D eigenvalue weighted by Gasteiger charge is -2.29. The molecule has 4 nitrogen and oxygen atoms in total. The Morgan fingerprint density at radius 2 is 1.92 bits per heavy atom. The Labute approximate surface area is 138 Å². The standard InChI is InChI=1S/C17H21F3O4/c1-22-14-7-2-3-8-15(14)24-16(21)10-12-5-4-6-13(9-12)23-11-17(18,19)20/h4-6,9,14-15H,2-3,7-8,10-11H2,1H3/t14-,15-/m1/s1. The van der Waals surface area contributed by atoms with Crippen LogP contribution in [-0.2, 0) is 20.7 Å². The molecule has 2 rings (SSSR count). The second kappa shape index (κ2) is 8.37. The summed E-state index contributed by atoms with van der Waals surface area (Å²) < 4.78 is 52.0. The normalized spacial score (nSPS) is 21.3. The quantitative estimate of drug-likeness (QED) is 0.737. The van der Waals surface area contributed by atoms with E-state index in [9.17, 15) is 18.0 Å². The van der Waals surface area contributed by atoms with Gasteiger partial charge in [-0.3, -0.25) is 4.79 Å². The summed E-state index contributed by atoms with van der Waals surface area (Å²) >= 11 is 0. The summed E-state index contributed by atoms with van der Waals surface area (Å²) in [7, 11) is 1.60. The molecule has 0 amide bonds. The van der Waals surface area contributed by atoms with E-state index >= 15 is 0 Å². The van der Waals surface area contributed by atoms with Gasteiger partial charge in [0, 0.05) is 7.11 Å². The Bertz CT molecular complexity index is 545. The highest BCUT2D eigenvalue weighted by Crippen LogP contribution is 2.24. The average molecular weight is 346 g/mol. The number of halogens is 3. The predicted octanol–water partition coefficient (Wildman–Crippen LogP) is 3.67. The smallest absolute Gasteiger partial charge is 0.422 e. The number of carbonyl (C=O) groups is 1. The Balaban J connectivity index is 1.89. The fourth-order valence-electron chi connectivity index (χ4n) is 2.75. The highest BCUT2D eigenvalue weighted by molar-refractivity contribution is 5.73. The van der Waals surface area contributed by atoms with E-state index in [0.717, 1.165) is 25.7 Å². The number of benzene rings is 1. The maximum absolute atomic E-state index is 12.2. The summed E-state index contributed by atoms with van der Waals surface area (Å²) in [6.07, 6.45) is -1.12. The molecule has 24 heavy (non-hydrogen) atoms. The second-order valence-electron chi connectivity index (χ2n) is 5.81. The Kier molecular flexibility index (Phi) is 6.48. The van der Waals surface area contributed by atoms with Crippen LogP contribution in [0.1, 0.15) is 31.2 Å². The van der Waals surface area contributed by atoms with Crippen molar-refractivity contribution >= 4 is 5.97 Å². The maximum atomic E-state index is 12.2. The number of alkyl halides is 3. The molecule has 0 spiro atoms. The van der Waals surface area contributed by atoms with Gasteiger partial charge in [0.25, 0.3) is 0 Å². The van der Waals surface area contributed by atoms with Crippen LogP contribution in [0.4, 0.5) is 13.2 Å². The van der Waals surface area contributed by atoms with E-state index in [0.29, 0.717) is 5.56 Å². The first-order chi connectivity index (χ1) is 11.4. The first-order valence-electron chi connectivity index (χ1n) is 7.88. The van der Waals surface area contributed by atoms with E-state index in [1.54, 1.807) is 19.2 Å². The number of rotatable bonds is 6. The average Bonchev–Trinajstić information content (AvgIpc) is 2.53. The van der Waals surface area contributed by atoms with Crippen molar-refractivity contribution in [3.05, 3.63) is 29.8 Å². The van der Waals surface area contributed by atoms with Gasteiger partial charge in [0.15, 0.2) is 6.61 Å². The molecule has 2 atom stereocenters. The molecule has 0 radical (unpaired) electrons. The van der Waals surface area contributed by atoms with Crippen molar-refractivity contribution in [3.63, 3.8) is 0 Å². The molecule has 0 heterocycles. The fraction of sp³-hybridized carbons (Fsp3) is 0.588. The van der Waals surface area contributed by atoms with Crippen molar-refractivity contribution in [2.75, 3.05) is 13.7 Å². The molecule has 1 saturated carbocycles. The minimum absolute atomic E-state index is 0.0177. The SMILES string of the molecule is CO[C@@H]1CCCC[C@H]1OC(=O)Cc1cccc(OCC(F)(F)F)c1. The molecule has 0 unspecified atom stereocenters. The van der Waals surface area contributed by atoms with E-state index in [4.69, 9.17) is 9.47 Å². The van der Waals surface area contributed by atoms with Gasteiger partial charge >= 0.3 is 12.1 Å². The molecule has 1 fully saturated rings. The van der Waals surface area contributed by atoms with Gasteiger partial charge in [0.2, 0.25) is 0 Å². The van der Waals surface area contributed by atoms with Gasteiger partial charge in [-0.15, -0.1) is 0 Å². The Morgan fingerprint density at radius 1 is 1.21 bits per heavy atom. The number of esters is 1. The van der Waals surface area contributed by atoms with Gasteiger partial charge < -0.3 is 14.2 Å². The van der Waals surface area contributed by atoms with E-state index in [1.807, 2.05) is 0 Å². The lowest BCUT2D eigenvalue weighted by molar-refractivity contribution is -0.158. The summed E-state index contributed by atoms with van der Waals surface area (Å²) in [6, 6.07) is 6.04. The van der Waals surface area contributed by atoms with Crippen LogP contribution in [0.3, 0.4) is 0 Å². The minimum Gasteiger partial charge on any atom is -0.484 e. The lowest BCUT2D eigenvalue weighted by Crippen LogP contribution is -2.36. The molecule has 0 N–H and O–H groups in total. The highest BCUT2D eigenvalue weighted by Gasteiger charge is 2.29. The number of hydrogen-bond acceptors (Lipinski definition) is 4. The third-order valence-corrected chi connectivity index (χ3v) is 3.88. The minimum atomic E-state index is -4.40. The molecule has 1 aromatic rings. The third-order valence-electron chi connectivity index (χ3n) is 3.88. The Hall–Kier alpha value is -1.76. The summed E-state index contributed by atoms with van der Waals surface area (Å²) in [4.78, 5) is 12.1. The van der Waals surface area contributed by atoms with E-state index < -0.39 is 18.8 Å². The molecule has 7 heteroatoms. The van der Waals surface area contributed by atoms with Crippen LogP contribution >= 0.6 is 0 Å². The van der Waals surface area contributed by atoms with Crippen LogP contribution in [0, 0.1) is 0 Å². The van der Waals surface area contributed by atoms with Gasteiger partial charge in [0.05, 0.1) is 12.5 Å². The zero-order chi connectivity index (χ0) is 17.6. The van der Waals surface area contributed by atoms with E-state index in [2.05, 4.69) is 4.74 Å². The van der Waals surface area contributed by atoms with Crippen molar-refractivity contribution < 1.29 is 32.2 Å². The van der Waals surface area contributed by atoms with E-state index in [1.165, 1.54) is 12.1 Å². The first-order valence-corrected chi connectivity index (χ1v) is 7.88. The largest absolute Gasteiger partial charge is 0.484 e. The fourth-order valence-corrected chi connectivity index (χ4v) is 2.75.